The summed E-state index contributed by atoms with van der Waals surface area (Å²) < 4.78 is 1.32. The fraction of sp³-hybridized carbons (Fsp3) is 0.600. The molecule has 1 aromatic carbocycles. The molecule has 3 heteroatoms. The van der Waals surface area contributed by atoms with E-state index in [0.717, 1.165) is 13.1 Å². The van der Waals surface area contributed by atoms with Crippen molar-refractivity contribution in [2.45, 2.75) is 26.3 Å². The van der Waals surface area contributed by atoms with Crippen LogP contribution in [0.4, 0.5) is 0 Å². The molecule has 0 saturated carbocycles. The lowest BCUT2D eigenvalue weighted by atomic mass is 9.90. The number of piperazine rings is 1. The van der Waals surface area contributed by atoms with E-state index in [9.17, 15) is 0 Å². The second-order valence-corrected chi connectivity index (χ2v) is 6.41. The lowest BCUT2D eigenvalue weighted by Crippen LogP contribution is -2.46. The van der Waals surface area contributed by atoms with Gasteiger partial charge in [0.1, 0.15) is 0 Å². The minimum atomic E-state index is 0.578. The van der Waals surface area contributed by atoms with Crippen molar-refractivity contribution >= 4 is 22.6 Å². The number of hydrogen-bond acceptors (Lipinski definition) is 2. The Bertz CT molecular complexity index is 357. The molecule has 1 N–H and O–H groups in total. The van der Waals surface area contributed by atoms with Crippen LogP contribution in [0.25, 0.3) is 0 Å². The topological polar surface area (TPSA) is 15.3 Å². The molecule has 0 spiro atoms. The Morgan fingerprint density at radius 2 is 1.83 bits per heavy atom. The minimum absolute atomic E-state index is 0.578. The third-order valence-corrected chi connectivity index (χ3v) is 4.66. The minimum Gasteiger partial charge on any atom is -0.314 e. The Labute approximate surface area is 124 Å². The monoisotopic (exact) mass is 358 g/mol. The highest BCUT2D eigenvalue weighted by Gasteiger charge is 2.26. The first kappa shape index (κ1) is 14.3. The Balaban J connectivity index is 2.20. The zero-order valence-corrected chi connectivity index (χ0v) is 13.5. The molecule has 0 radical (unpaired) electrons. The number of rotatable bonds is 4. The van der Waals surface area contributed by atoms with Gasteiger partial charge < -0.3 is 5.32 Å². The normalized spacial score (nSPS) is 20.6. The van der Waals surface area contributed by atoms with Crippen LogP contribution in [-0.2, 0) is 0 Å². The first-order valence-corrected chi connectivity index (χ1v) is 8.00. The number of halogens is 1. The fourth-order valence-corrected chi connectivity index (χ4v) is 3.10. The SMILES string of the molecule is CCC(C)[C@H](c1ccc(I)cc1)N1CCNCC1. The van der Waals surface area contributed by atoms with Gasteiger partial charge in [-0.1, -0.05) is 32.4 Å². The molecule has 18 heavy (non-hydrogen) atoms. The Kier molecular flexibility index (Phi) is 5.45. The third kappa shape index (κ3) is 3.45. The van der Waals surface area contributed by atoms with Crippen molar-refractivity contribution in [3.63, 3.8) is 0 Å². The molecular weight excluding hydrogens is 335 g/mol. The van der Waals surface area contributed by atoms with Crippen LogP contribution in [0.2, 0.25) is 0 Å². The lowest BCUT2D eigenvalue weighted by molar-refractivity contribution is 0.128. The fourth-order valence-electron chi connectivity index (χ4n) is 2.74. The van der Waals surface area contributed by atoms with E-state index in [1.165, 1.54) is 28.6 Å². The molecule has 1 heterocycles. The number of benzene rings is 1. The molecule has 1 unspecified atom stereocenters. The lowest BCUT2D eigenvalue weighted by Gasteiger charge is -2.38. The van der Waals surface area contributed by atoms with Crippen molar-refractivity contribution in [3.8, 4) is 0 Å². The van der Waals surface area contributed by atoms with Gasteiger partial charge in [-0.3, -0.25) is 4.90 Å². The van der Waals surface area contributed by atoms with E-state index < -0.39 is 0 Å². The summed E-state index contributed by atoms with van der Waals surface area (Å²) in [5.41, 5.74) is 1.48. The van der Waals surface area contributed by atoms with Gasteiger partial charge in [-0.15, -0.1) is 0 Å². The highest BCUT2D eigenvalue weighted by molar-refractivity contribution is 14.1. The maximum atomic E-state index is 3.44. The maximum Gasteiger partial charge on any atom is 0.0374 e. The molecule has 2 atom stereocenters. The molecule has 2 rings (SSSR count). The van der Waals surface area contributed by atoms with Crippen LogP contribution in [0.1, 0.15) is 31.9 Å². The second-order valence-electron chi connectivity index (χ2n) is 5.17. The molecule has 1 aliphatic rings. The molecule has 1 aromatic rings. The van der Waals surface area contributed by atoms with Crippen molar-refractivity contribution in [2.75, 3.05) is 26.2 Å². The highest BCUT2D eigenvalue weighted by Crippen LogP contribution is 2.31. The molecule has 0 aliphatic carbocycles. The standard InChI is InChI=1S/C15H23IN2/c1-3-12(2)15(18-10-8-17-9-11-18)13-4-6-14(16)7-5-13/h4-7,12,15,17H,3,8-11H2,1-2H3/t12?,15-/m1/s1. The van der Waals surface area contributed by atoms with Crippen LogP contribution in [0.15, 0.2) is 24.3 Å². The molecule has 0 bridgehead atoms. The van der Waals surface area contributed by atoms with E-state index in [0.29, 0.717) is 12.0 Å². The number of nitrogens with one attached hydrogen (secondary N) is 1. The molecule has 1 fully saturated rings. The summed E-state index contributed by atoms with van der Waals surface area (Å²) in [6.45, 7) is 9.26. The molecular formula is C15H23IN2. The number of hydrogen-bond donors (Lipinski definition) is 1. The zero-order chi connectivity index (χ0) is 13.0. The molecule has 1 aliphatic heterocycles. The summed E-state index contributed by atoms with van der Waals surface area (Å²) in [4.78, 5) is 2.65. The summed E-state index contributed by atoms with van der Waals surface area (Å²) in [6.07, 6.45) is 1.24. The zero-order valence-electron chi connectivity index (χ0n) is 11.3. The van der Waals surface area contributed by atoms with E-state index in [1.54, 1.807) is 0 Å². The van der Waals surface area contributed by atoms with Crippen LogP contribution in [0.5, 0.6) is 0 Å². The molecule has 0 aromatic heterocycles. The van der Waals surface area contributed by atoms with Gasteiger partial charge in [-0.05, 0) is 46.2 Å². The van der Waals surface area contributed by atoms with Gasteiger partial charge in [0.05, 0.1) is 0 Å². The molecule has 0 amide bonds. The predicted octanol–water partition coefficient (Wildman–Crippen LogP) is 3.28. The third-order valence-electron chi connectivity index (χ3n) is 3.94. The Morgan fingerprint density at radius 1 is 1.22 bits per heavy atom. The van der Waals surface area contributed by atoms with E-state index in [-0.39, 0.29) is 0 Å². The van der Waals surface area contributed by atoms with Gasteiger partial charge in [0, 0.05) is 35.8 Å². The van der Waals surface area contributed by atoms with Crippen molar-refractivity contribution in [1.82, 2.24) is 10.2 Å². The molecule has 2 nitrogen and oxygen atoms in total. The van der Waals surface area contributed by atoms with Crippen LogP contribution in [0, 0.1) is 9.49 Å². The average Bonchev–Trinajstić information content (AvgIpc) is 2.42. The first-order chi connectivity index (χ1) is 8.72. The summed E-state index contributed by atoms with van der Waals surface area (Å²) in [5.74, 6) is 0.711. The van der Waals surface area contributed by atoms with Crippen molar-refractivity contribution in [3.05, 3.63) is 33.4 Å². The van der Waals surface area contributed by atoms with Crippen molar-refractivity contribution in [1.29, 1.82) is 0 Å². The average molecular weight is 358 g/mol. The quantitative estimate of drug-likeness (QED) is 0.831. The van der Waals surface area contributed by atoms with Crippen molar-refractivity contribution < 1.29 is 0 Å². The summed E-state index contributed by atoms with van der Waals surface area (Å²) in [7, 11) is 0. The van der Waals surface area contributed by atoms with E-state index in [2.05, 4.69) is 70.9 Å². The van der Waals surface area contributed by atoms with Crippen molar-refractivity contribution in [2.24, 2.45) is 5.92 Å². The second kappa shape index (κ2) is 6.87. The van der Waals surface area contributed by atoms with E-state index in [1.807, 2.05) is 0 Å². The van der Waals surface area contributed by atoms with Gasteiger partial charge in [0.25, 0.3) is 0 Å². The van der Waals surface area contributed by atoms with Gasteiger partial charge in [0.15, 0.2) is 0 Å². The van der Waals surface area contributed by atoms with Crippen LogP contribution < -0.4 is 5.32 Å². The van der Waals surface area contributed by atoms with Gasteiger partial charge in [-0.25, -0.2) is 0 Å². The highest BCUT2D eigenvalue weighted by atomic mass is 127. The summed E-state index contributed by atoms with van der Waals surface area (Å²) in [6, 6.07) is 9.65. The van der Waals surface area contributed by atoms with Gasteiger partial charge in [0.2, 0.25) is 0 Å². The number of nitrogens with zero attached hydrogens (tertiary/aromatic N) is 1. The van der Waals surface area contributed by atoms with Crippen LogP contribution in [0.3, 0.4) is 0 Å². The summed E-state index contributed by atoms with van der Waals surface area (Å²) in [5, 5.41) is 3.44. The van der Waals surface area contributed by atoms with Gasteiger partial charge in [-0.2, -0.15) is 0 Å². The van der Waals surface area contributed by atoms with Crippen LogP contribution >= 0.6 is 22.6 Å². The maximum absolute atomic E-state index is 3.44. The van der Waals surface area contributed by atoms with E-state index >= 15 is 0 Å². The van der Waals surface area contributed by atoms with Crippen LogP contribution in [-0.4, -0.2) is 31.1 Å². The van der Waals surface area contributed by atoms with E-state index in [4.69, 9.17) is 0 Å². The van der Waals surface area contributed by atoms with Gasteiger partial charge >= 0.3 is 0 Å². The largest absolute Gasteiger partial charge is 0.314 e. The first-order valence-electron chi connectivity index (χ1n) is 6.92. The molecule has 1 saturated heterocycles. The Hall–Kier alpha value is -0.130. The smallest absolute Gasteiger partial charge is 0.0374 e. The summed E-state index contributed by atoms with van der Waals surface area (Å²) >= 11 is 2.38. The molecule has 100 valence electrons. The predicted molar refractivity (Wildman–Crippen MR) is 85.8 cm³/mol. The Morgan fingerprint density at radius 3 is 2.39 bits per heavy atom.